The molecule has 0 unspecified atom stereocenters. The summed E-state index contributed by atoms with van der Waals surface area (Å²) in [5.41, 5.74) is 2.49. The fourth-order valence-corrected chi connectivity index (χ4v) is 2.87. The van der Waals surface area contributed by atoms with E-state index in [9.17, 15) is 0 Å². The summed E-state index contributed by atoms with van der Waals surface area (Å²) < 4.78 is 21.7. The van der Waals surface area contributed by atoms with Crippen molar-refractivity contribution in [3.05, 3.63) is 36.0 Å². The molecule has 0 saturated heterocycles. The molecule has 1 aliphatic heterocycles. The fraction of sp³-hybridized carbons (Fsp3) is 0.222. The van der Waals surface area contributed by atoms with Gasteiger partial charge in [-0.2, -0.15) is 5.10 Å². The number of rotatable bonds is 3. The van der Waals surface area contributed by atoms with Crippen molar-refractivity contribution in [2.24, 2.45) is 0 Å². The third kappa shape index (κ3) is 2.19. The Morgan fingerprint density at radius 1 is 0.875 bits per heavy atom. The van der Waals surface area contributed by atoms with Gasteiger partial charge in [0.15, 0.2) is 23.0 Å². The van der Waals surface area contributed by atoms with E-state index in [0.29, 0.717) is 11.5 Å². The molecule has 0 saturated carbocycles. The molecule has 122 valence electrons. The molecule has 1 aromatic heterocycles. The second-order valence-corrected chi connectivity index (χ2v) is 5.45. The lowest BCUT2D eigenvalue weighted by molar-refractivity contribution is 0.174. The first-order valence-electron chi connectivity index (χ1n) is 7.50. The average Bonchev–Trinajstić information content (AvgIpc) is 3.07. The molecule has 6 heteroatoms. The van der Waals surface area contributed by atoms with Crippen LogP contribution in [-0.4, -0.2) is 31.2 Å². The van der Waals surface area contributed by atoms with Crippen LogP contribution in [0.25, 0.3) is 22.0 Å². The second-order valence-electron chi connectivity index (χ2n) is 5.45. The summed E-state index contributed by atoms with van der Waals surface area (Å²) in [5.74, 6) is 2.77. The number of benzene rings is 2. The van der Waals surface area contributed by atoms with Crippen LogP contribution in [0.15, 0.2) is 30.3 Å². The van der Waals surface area contributed by atoms with Gasteiger partial charge in [0, 0.05) is 16.3 Å². The maximum Gasteiger partial charge on any atom is 0.231 e. The van der Waals surface area contributed by atoms with E-state index in [0.717, 1.165) is 39.2 Å². The van der Waals surface area contributed by atoms with Crippen molar-refractivity contribution in [2.75, 3.05) is 21.0 Å². The van der Waals surface area contributed by atoms with Crippen molar-refractivity contribution in [1.29, 1.82) is 0 Å². The van der Waals surface area contributed by atoms with Crippen molar-refractivity contribution >= 4 is 10.8 Å². The number of hydrogen-bond acceptors (Lipinski definition) is 6. The minimum atomic E-state index is 0.233. The number of hydrogen-bond donors (Lipinski definition) is 0. The van der Waals surface area contributed by atoms with Crippen molar-refractivity contribution in [1.82, 2.24) is 10.2 Å². The van der Waals surface area contributed by atoms with E-state index in [1.165, 1.54) is 0 Å². The van der Waals surface area contributed by atoms with Crippen molar-refractivity contribution in [3.8, 4) is 34.3 Å². The zero-order valence-corrected chi connectivity index (χ0v) is 13.6. The Balaban J connectivity index is 1.96. The molecule has 0 atom stereocenters. The van der Waals surface area contributed by atoms with E-state index >= 15 is 0 Å². The van der Waals surface area contributed by atoms with Crippen LogP contribution in [0.2, 0.25) is 0 Å². The van der Waals surface area contributed by atoms with E-state index in [2.05, 4.69) is 10.2 Å². The normalized spacial score (nSPS) is 12.5. The Bertz CT molecular complexity index is 940. The van der Waals surface area contributed by atoms with Gasteiger partial charge < -0.3 is 18.9 Å². The monoisotopic (exact) mass is 324 g/mol. The molecular formula is C18H16N2O4. The van der Waals surface area contributed by atoms with E-state index in [1.54, 1.807) is 14.2 Å². The largest absolute Gasteiger partial charge is 0.493 e. The van der Waals surface area contributed by atoms with Crippen LogP contribution < -0.4 is 18.9 Å². The van der Waals surface area contributed by atoms with Gasteiger partial charge in [0.2, 0.25) is 6.79 Å². The Morgan fingerprint density at radius 2 is 1.58 bits per heavy atom. The predicted molar refractivity (Wildman–Crippen MR) is 88.9 cm³/mol. The molecule has 0 N–H and O–H groups in total. The average molecular weight is 324 g/mol. The summed E-state index contributed by atoms with van der Waals surface area (Å²) in [7, 11) is 3.22. The highest BCUT2D eigenvalue weighted by atomic mass is 16.7. The SMILES string of the molecule is COc1ccc(-c2nnc(C)c3cc4c(cc23)OCO4)cc1OC. The van der Waals surface area contributed by atoms with Gasteiger partial charge in [0.05, 0.1) is 19.9 Å². The molecular weight excluding hydrogens is 308 g/mol. The van der Waals surface area contributed by atoms with Crippen molar-refractivity contribution in [3.63, 3.8) is 0 Å². The molecule has 0 fully saturated rings. The van der Waals surface area contributed by atoms with Gasteiger partial charge in [0.1, 0.15) is 5.69 Å². The second kappa shape index (κ2) is 5.56. The number of fused-ring (bicyclic) bond motifs is 2. The minimum absolute atomic E-state index is 0.233. The van der Waals surface area contributed by atoms with Crippen molar-refractivity contribution in [2.45, 2.75) is 6.92 Å². The van der Waals surface area contributed by atoms with E-state index in [1.807, 2.05) is 37.3 Å². The van der Waals surface area contributed by atoms with E-state index in [4.69, 9.17) is 18.9 Å². The minimum Gasteiger partial charge on any atom is -0.493 e. The Morgan fingerprint density at radius 3 is 2.29 bits per heavy atom. The highest BCUT2D eigenvalue weighted by Crippen LogP contribution is 2.40. The Kier molecular flexibility index (Phi) is 3.37. The summed E-state index contributed by atoms with van der Waals surface area (Å²) in [6, 6.07) is 9.58. The molecule has 6 nitrogen and oxygen atoms in total. The van der Waals surface area contributed by atoms with Crippen LogP contribution in [0, 0.1) is 6.92 Å². The molecule has 2 aromatic carbocycles. The van der Waals surface area contributed by atoms with Gasteiger partial charge in [-0.1, -0.05) is 0 Å². The molecule has 4 rings (SSSR count). The maximum absolute atomic E-state index is 5.50. The predicted octanol–water partition coefficient (Wildman–Crippen LogP) is 3.35. The van der Waals surface area contributed by atoms with Gasteiger partial charge in [-0.15, -0.1) is 5.10 Å². The number of ether oxygens (including phenoxy) is 4. The van der Waals surface area contributed by atoms with Crippen molar-refractivity contribution < 1.29 is 18.9 Å². The van der Waals surface area contributed by atoms with Crippen LogP contribution in [0.5, 0.6) is 23.0 Å². The number of aryl methyl sites for hydroxylation is 1. The quantitative estimate of drug-likeness (QED) is 0.736. The van der Waals surface area contributed by atoms with Gasteiger partial charge >= 0.3 is 0 Å². The highest BCUT2D eigenvalue weighted by molar-refractivity contribution is 5.97. The van der Waals surface area contributed by atoms with Crippen LogP contribution in [0.3, 0.4) is 0 Å². The lowest BCUT2D eigenvalue weighted by Crippen LogP contribution is -1.96. The summed E-state index contributed by atoms with van der Waals surface area (Å²) >= 11 is 0. The lowest BCUT2D eigenvalue weighted by Gasteiger charge is -2.11. The molecule has 0 radical (unpaired) electrons. The molecule has 24 heavy (non-hydrogen) atoms. The summed E-state index contributed by atoms with van der Waals surface area (Å²) in [4.78, 5) is 0. The van der Waals surface area contributed by atoms with E-state index in [-0.39, 0.29) is 6.79 Å². The Hall–Kier alpha value is -3.02. The fourth-order valence-electron chi connectivity index (χ4n) is 2.87. The number of nitrogens with zero attached hydrogens (tertiary/aromatic N) is 2. The first-order chi connectivity index (χ1) is 11.7. The molecule has 2 heterocycles. The summed E-state index contributed by atoms with van der Waals surface area (Å²) in [6.45, 7) is 2.16. The molecule has 3 aromatic rings. The lowest BCUT2D eigenvalue weighted by atomic mass is 10.0. The molecule has 1 aliphatic rings. The van der Waals surface area contributed by atoms with Crippen LogP contribution in [-0.2, 0) is 0 Å². The summed E-state index contributed by atoms with van der Waals surface area (Å²) in [5, 5.41) is 10.6. The van der Waals surface area contributed by atoms with Gasteiger partial charge in [-0.3, -0.25) is 0 Å². The smallest absolute Gasteiger partial charge is 0.231 e. The number of aromatic nitrogens is 2. The van der Waals surface area contributed by atoms with Crippen LogP contribution >= 0.6 is 0 Å². The highest BCUT2D eigenvalue weighted by Gasteiger charge is 2.19. The van der Waals surface area contributed by atoms with Gasteiger partial charge in [0.25, 0.3) is 0 Å². The van der Waals surface area contributed by atoms with E-state index < -0.39 is 0 Å². The third-order valence-electron chi connectivity index (χ3n) is 4.11. The topological polar surface area (TPSA) is 62.7 Å². The number of methoxy groups -OCH3 is 2. The van der Waals surface area contributed by atoms with Gasteiger partial charge in [-0.05, 0) is 37.3 Å². The first kappa shape index (κ1) is 14.6. The first-order valence-corrected chi connectivity index (χ1v) is 7.50. The van der Waals surface area contributed by atoms with Gasteiger partial charge in [-0.25, -0.2) is 0 Å². The molecule has 0 spiro atoms. The molecule has 0 aliphatic carbocycles. The van der Waals surface area contributed by atoms with Crippen LogP contribution in [0.4, 0.5) is 0 Å². The van der Waals surface area contributed by atoms with Crippen LogP contribution in [0.1, 0.15) is 5.69 Å². The third-order valence-corrected chi connectivity index (χ3v) is 4.11. The standard InChI is InChI=1S/C18H16N2O4/c1-10-12-7-16-17(24-9-23-16)8-13(12)18(20-19-10)11-4-5-14(21-2)15(6-11)22-3/h4-8H,9H2,1-3H3. The summed E-state index contributed by atoms with van der Waals surface area (Å²) in [6.07, 6.45) is 0. The maximum atomic E-state index is 5.50. The Labute approximate surface area is 138 Å². The molecule has 0 amide bonds. The molecule has 0 bridgehead atoms. The zero-order valence-electron chi connectivity index (χ0n) is 13.6. The zero-order chi connectivity index (χ0) is 16.7.